The third-order valence-corrected chi connectivity index (χ3v) is 14.0. The van der Waals surface area contributed by atoms with Gasteiger partial charge >= 0.3 is 18.2 Å². The number of nitrogens with zero attached hydrogens (tertiary/aromatic N) is 7. The molecule has 4 aliphatic rings. The van der Waals surface area contributed by atoms with Crippen LogP contribution in [0, 0.1) is 36.5 Å². The third kappa shape index (κ3) is 10.6. The fraction of sp³-hybridized carbons (Fsp3) is 0.404. The topological polar surface area (TPSA) is 208 Å². The van der Waals surface area contributed by atoms with Gasteiger partial charge in [0, 0.05) is 62.1 Å². The van der Waals surface area contributed by atoms with Crippen LogP contribution in [0.15, 0.2) is 84.9 Å². The Morgan fingerprint density at radius 3 is 1.60 bits per heavy atom. The molecule has 0 bridgehead atoms. The van der Waals surface area contributed by atoms with E-state index >= 15 is 0 Å². The fourth-order valence-corrected chi connectivity index (χ4v) is 9.97. The van der Waals surface area contributed by atoms with Crippen LogP contribution in [-0.2, 0) is 4.84 Å². The largest absolute Gasteiger partial charge is 0.434 e. The van der Waals surface area contributed by atoms with Gasteiger partial charge in [0.05, 0.1) is 35.0 Å². The van der Waals surface area contributed by atoms with Gasteiger partial charge in [0.15, 0.2) is 0 Å². The highest BCUT2D eigenvalue weighted by molar-refractivity contribution is 6.00. The molecule has 4 saturated heterocycles. The summed E-state index contributed by atoms with van der Waals surface area (Å²) in [7, 11) is 0. The minimum absolute atomic E-state index is 0.0436. The van der Waals surface area contributed by atoms with Gasteiger partial charge in [-0.3, -0.25) is 14.5 Å². The summed E-state index contributed by atoms with van der Waals surface area (Å²) in [5, 5.41) is 25.6. The maximum Gasteiger partial charge on any atom is 0.434 e. The number of nitrogens with two attached hydrogens (primary N) is 1. The molecule has 0 spiro atoms. The summed E-state index contributed by atoms with van der Waals surface area (Å²) in [6, 6.07) is 27.7. The Bertz CT molecular complexity index is 2600. The summed E-state index contributed by atoms with van der Waals surface area (Å²) >= 11 is 0. The van der Waals surface area contributed by atoms with Crippen LogP contribution in [0.25, 0.3) is 0 Å². The maximum atomic E-state index is 14.2. The molecule has 0 radical (unpaired) electrons. The fourth-order valence-electron chi connectivity index (χ4n) is 9.97. The van der Waals surface area contributed by atoms with Gasteiger partial charge in [-0.15, -0.1) is 5.06 Å². The smallest absolute Gasteiger partial charge is 0.351 e. The monoisotopic (exact) mass is 918 g/mol. The van der Waals surface area contributed by atoms with Crippen LogP contribution in [0.2, 0.25) is 0 Å². The first-order valence-corrected chi connectivity index (χ1v) is 23.6. The molecule has 16 heteroatoms. The van der Waals surface area contributed by atoms with E-state index in [1.807, 2.05) is 60.4 Å². The molecule has 4 aromatic rings. The maximum absolute atomic E-state index is 14.2. The molecule has 1 atom stereocenters. The molecule has 0 saturated carbocycles. The first kappa shape index (κ1) is 47.1. The van der Waals surface area contributed by atoms with Crippen molar-refractivity contribution in [1.82, 2.24) is 25.3 Å². The van der Waals surface area contributed by atoms with Crippen LogP contribution in [-0.4, -0.2) is 109 Å². The lowest BCUT2D eigenvalue weighted by Crippen LogP contribution is -2.51. The highest BCUT2D eigenvalue weighted by atomic mass is 16.7. The SMILES string of the molecule is Cc1ccc(C(=O)N2CCC(c3ccc(C#N)cc3)CC2)cc1N(OC(=O)N1CC[C@H](N(C(N)=O)c2cc(C(=O)N3CCC(c4ccc(C#N)cc4)CC3)ccc2C)C1)C(=O)NC1CCNCC1. The highest BCUT2D eigenvalue weighted by Gasteiger charge is 2.38. The van der Waals surface area contributed by atoms with Crippen molar-refractivity contribution in [2.24, 2.45) is 5.73 Å². The number of likely N-dealkylation sites (tertiary alicyclic amines) is 3. The van der Waals surface area contributed by atoms with Crippen LogP contribution in [0.3, 0.4) is 0 Å². The van der Waals surface area contributed by atoms with Crippen molar-refractivity contribution < 1.29 is 28.8 Å². The molecule has 4 fully saturated rings. The van der Waals surface area contributed by atoms with Crippen molar-refractivity contribution in [1.29, 1.82) is 10.5 Å². The summed E-state index contributed by atoms with van der Waals surface area (Å²) in [5.74, 6) is 0.181. The summed E-state index contributed by atoms with van der Waals surface area (Å²) in [6.45, 7) is 7.46. The second-order valence-electron chi connectivity index (χ2n) is 18.3. The van der Waals surface area contributed by atoms with Crippen LogP contribution >= 0.6 is 0 Å². The number of carbonyl (C=O) groups excluding carboxylic acids is 5. The van der Waals surface area contributed by atoms with Gasteiger partial charge in [0.2, 0.25) is 0 Å². The number of hydrogen-bond donors (Lipinski definition) is 3. The Labute approximate surface area is 397 Å². The van der Waals surface area contributed by atoms with Crippen LogP contribution in [0.1, 0.15) is 111 Å². The van der Waals surface area contributed by atoms with Gasteiger partial charge in [0.25, 0.3) is 11.8 Å². The molecule has 4 aliphatic heterocycles. The number of nitrogens with one attached hydrogen (secondary N) is 2. The van der Waals surface area contributed by atoms with E-state index in [2.05, 4.69) is 22.8 Å². The molecule has 0 aliphatic carbocycles. The molecule has 352 valence electrons. The minimum atomic E-state index is -0.816. The molecular weight excluding hydrogens is 861 g/mol. The molecule has 16 nitrogen and oxygen atoms in total. The Kier molecular flexibility index (Phi) is 14.6. The van der Waals surface area contributed by atoms with Crippen molar-refractivity contribution in [3.8, 4) is 12.1 Å². The lowest BCUT2D eigenvalue weighted by molar-refractivity contribution is 0.0705. The lowest BCUT2D eigenvalue weighted by Gasteiger charge is -2.33. The molecule has 8 rings (SSSR count). The van der Waals surface area contributed by atoms with Gasteiger partial charge < -0.3 is 35.9 Å². The quantitative estimate of drug-likeness (QED) is 0.154. The number of rotatable bonds is 8. The molecule has 4 N–H and O–H groups in total. The zero-order valence-corrected chi connectivity index (χ0v) is 38.7. The van der Waals surface area contributed by atoms with Crippen LogP contribution in [0.5, 0.6) is 0 Å². The van der Waals surface area contributed by atoms with Gasteiger partial charge in [-0.25, -0.2) is 14.4 Å². The van der Waals surface area contributed by atoms with E-state index in [1.54, 1.807) is 48.2 Å². The predicted molar refractivity (Wildman–Crippen MR) is 256 cm³/mol. The number of amides is 7. The molecule has 0 unspecified atom stereocenters. The number of hydroxylamine groups is 1. The van der Waals surface area contributed by atoms with Gasteiger partial charge in [-0.05, 0) is 155 Å². The number of piperidine rings is 3. The highest BCUT2D eigenvalue weighted by Crippen LogP contribution is 2.33. The van der Waals surface area contributed by atoms with E-state index in [1.165, 1.54) is 9.80 Å². The number of anilines is 2. The van der Waals surface area contributed by atoms with Crippen molar-refractivity contribution >= 4 is 41.3 Å². The Balaban J connectivity index is 0.950. The summed E-state index contributed by atoms with van der Waals surface area (Å²) in [6.07, 6.45) is 3.98. The summed E-state index contributed by atoms with van der Waals surface area (Å²) < 4.78 is 0. The Hall–Kier alpha value is -7.43. The third-order valence-electron chi connectivity index (χ3n) is 14.0. The zero-order valence-electron chi connectivity index (χ0n) is 38.7. The van der Waals surface area contributed by atoms with Gasteiger partial charge in [-0.2, -0.15) is 10.5 Å². The normalized spacial score (nSPS) is 18.0. The van der Waals surface area contributed by atoms with Crippen molar-refractivity contribution in [3.63, 3.8) is 0 Å². The van der Waals surface area contributed by atoms with E-state index in [-0.39, 0.29) is 48.5 Å². The molecule has 68 heavy (non-hydrogen) atoms. The average molecular weight is 919 g/mol. The van der Waals surface area contributed by atoms with E-state index < -0.39 is 24.2 Å². The number of primary amides is 1. The second kappa shape index (κ2) is 21.0. The number of benzene rings is 4. The standard InChI is InChI=1S/C52H58N10O6/c1-34-3-9-42(48(63)58-24-17-40(18-25-58)38-11-5-36(31-53)6-12-38)29-46(34)61(50(55)65)45-21-28-60(33-45)52(67)68-62(51(66)57-44-15-22-56-23-16-44)47-30-43(10-4-35(47)2)49(64)59-26-19-41(20-27-59)39-13-7-37(32-54)8-14-39/h3-14,29-30,40-41,44-45,56H,15-28,33H2,1-2H3,(H2,55,65)(H,57,66)/t45-/m0/s1. The van der Waals surface area contributed by atoms with E-state index in [0.29, 0.717) is 78.9 Å². The number of urea groups is 2. The Morgan fingerprint density at radius 2 is 1.12 bits per heavy atom. The average Bonchev–Trinajstić information content (AvgIpc) is 3.86. The number of carbonyl (C=O) groups is 5. The molecule has 0 aromatic heterocycles. The first-order chi connectivity index (χ1) is 32.9. The first-order valence-electron chi connectivity index (χ1n) is 23.6. The zero-order chi connectivity index (χ0) is 47.9. The number of aryl methyl sites for hydroxylation is 2. The second-order valence-corrected chi connectivity index (χ2v) is 18.3. The van der Waals surface area contributed by atoms with E-state index in [9.17, 15) is 34.5 Å². The van der Waals surface area contributed by atoms with Crippen molar-refractivity contribution in [2.45, 2.75) is 82.7 Å². The lowest BCUT2D eigenvalue weighted by atomic mass is 9.89. The predicted octanol–water partition coefficient (Wildman–Crippen LogP) is 7.07. The number of nitriles is 2. The van der Waals surface area contributed by atoms with Crippen molar-refractivity contribution in [3.05, 3.63) is 129 Å². The molecule has 4 aromatic carbocycles. The van der Waals surface area contributed by atoms with E-state index in [4.69, 9.17) is 10.6 Å². The minimum Gasteiger partial charge on any atom is -0.351 e. The van der Waals surface area contributed by atoms with E-state index in [0.717, 1.165) is 60.5 Å². The molecule has 4 heterocycles. The van der Waals surface area contributed by atoms with Crippen LogP contribution in [0.4, 0.5) is 25.8 Å². The number of hydrogen-bond acceptors (Lipinski definition) is 9. The van der Waals surface area contributed by atoms with Gasteiger partial charge in [-0.1, -0.05) is 36.4 Å². The summed E-state index contributed by atoms with van der Waals surface area (Å²) in [5.41, 5.74) is 12.4. The molecular formula is C52H58N10O6. The molecule has 7 amide bonds. The summed E-state index contributed by atoms with van der Waals surface area (Å²) in [4.78, 5) is 82.0. The van der Waals surface area contributed by atoms with Crippen LogP contribution < -0.4 is 26.3 Å². The van der Waals surface area contributed by atoms with Crippen molar-refractivity contribution in [2.75, 3.05) is 62.3 Å². The van der Waals surface area contributed by atoms with Gasteiger partial charge in [0.1, 0.15) is 0 Å². The Morgan fingerprint density at radius 1 is 0.647 bits per heavy atom.